The SMILES string of the molecule is Cc1cc(C)c(NC(=S)NNC(=O)c2c[nH]c3ccccc23)c(Cl)c1. The van der Waals surface area contributed by atoms with Gasteiger partial charge in [0.2, 0.25) is 0 Å². The van der Waals surface area contributed by atoms with E-state index in [4.69, 9.17) is 23.8 Å². The predicted octanol–water partition coefficient (Wildman–Crippen LogP) is 4.07. The summed E-state index contributed by atoms with van der Waals surface area (Å²) in [5.74, 6) is -0.284. The van der Waals surface area contributed by atoms with Gasteiger partial charge < -0.3 is 10.3 Å². The number of hydrogen-bond donors (Lipinski definition) is 4. The Morgan fingerprint density at radius 2 is 1.92 bits per heavy atom. The standard InChI is InChI=1S/C18H17ClN4OS/c1-10-7-11(2)16(14(19)8-10)21-18(25)23-22-17(24)13-9-20-15-6-4-3-5-12(13)15/h3-9,20H,1-2H3,(H,22,24)(H2,21,23,25). The van der Waals surface area contributed by atoms with Gasteiger partial charge in [-0.05, 0) is 49.3 Å². The molecule has 4 N–H and O–H groups in total. The summed E-state index contributed by atoms with van der Waals surface area (Å²) in [4.78, 5) is 15.4. The fraction of sp³-hybridized carbons (Fsp3) is 0.111. The van der Waals surface area contributed by atoms with Gasteiger partial charge in [0.1, 0.15) is 0 Å². The molecular formula is C18H17ClN4OS. The van der Waals surface area contributed by atoms with Crippen LogP contribution in [0.4, 0.5) is 5.69 Å². The van der Waals surface area contributed by atoms with E-state index in [0.29, 0.717) is 16.3 Å². The van der Waals surface area contributed by atoms with Crippen LogP contribution in [-0.2, 0) is 0 Å². The fourth-order valence-electron chi connectivity index (χ4n) is 2.66. The third kappa shape index (κ3) is 3.75. The van der Waals surface area contributed by atoms with Crippen molar-refractivity contribution >= 4 is 51.4 Å². The van der Waals surface area contributed by atoms with Gasteiger partial charge in [-0.3, -0.25) is 15.6 Å². The zero-order valence-electron chi connectivity index (χ0n) is 13.7. The number of aromatic amines is 1. The van der Waals surface area contributed by atoms with Crippen LogP contribution in [0.3, 0.4) is 0 Å². The number of hydrogen-bond acceptors (Lipinski definition) is 2. The summed E-state index contributed by atoms with van der Waals surface area (Å²) in [5, 5.41) is 4.68. The highest BCUT2D eigenvalue weighted by Crippen LogP contribution is 2.27. The van der Waals surface area contributed by atoms with Crippen molar-refractivity contribution in [3.63, 3.8) is 0 Å². The van der Waals surface area contributed by atoms with Gasteiger partial charge in [0.05, 0.1) is 16.3 Å². The van der Waals surface area contributed by atoms with Gasteiger partial charge in [-0.15, -0.1) is 0 Å². The molecule has 0 fully saturated rings. The van der Waals surface area contributed by atoms with Crippen LogP contribution in [0.2, 0.25) is 5.02 Å². The molecule has 1 aromatic heterocycles. The van der Waals surface area contributed by atoms with Crippen molar-refractivity contribution in [2.75, 3.05) is 5.32 Å². The lowest BCUT2D eigenvalue weighted by Crippen LogP contribution is -2.43. The zero-order valence-corrected chi connectivity index (χ0v) is 15.3. The minimum Gasteiger partial charge on any atom is -0.360 e. The molecule has 0 aliphatic heterocycles. The number of H-pyrrole nitrogens is 1. The van der Waals surface area contributed by atoms with Gasteiger partial charge in [-0.25, -0.2) is 0 Å². The number of anilines is 1. The third-order valence-corrected chi connectivity index (χ3v) is 4.30. The summed E-state index contributed by atoms with van der Waals surface area (Å²) in [6.45, 7) is 3.91. The third-order valence-electron chi connectivity index (χ3n) is 3.79. The Balaban J connectivity index is 1.66. The Hall–Kier alpha value is -2.57. The highest BCUT2D eigenvalue weighted by Gasteiger charge is 2.12. The van der Waals surface area contributed by atoms with Crippen LogP contribution in [-0.4, -0.2) is 16.0 Å². The lowest BCUT2D eigenvalue weighted by Gasteiger charge is -2.15. The van der Waals surface area contributed by atoms with Crippen LogP contribution in [0.15, 0.2) is 42.6 Å². The summed E-state index contributed by atoms with van der Waals surface area (Å²) < 4.78 is 0. The summed E-state index contributed by atoms with van der Waals surface area (Å²) in [6, 6.07) is 11.4. The Morgan fingerprint density at radius 1 is 1.16 bits per heavy atom. The molecule has 0 radical (unpaired) electrons. The van der Waals surface area contributed by atoms with Crippen molar-refractivity contribution in [3.05, 3.63) is 64.3 Å². The van der Waals surface area contributed by atoms with E-state index in [2.05, 4.69) is 21.2 Å². The minimum absolute atomic E-state index is 0.252. The molecule has 128 valence electrons. The minimum atomic E-state index is -0.284. The van der Waals surface area contributed by atoms with Crippen LogP contribution in [0, 0.1) is 13.8 Å². The number of halogens is 1. The van der Waals surface area contributed by atoms with E-state index in [9.17, 15) is 4.79 Å². The summed E-state index contributed by atoms with van der Waals surface area (Å²) >= 11 is 11.5. The number of rotatable bonds is 2. The number of para-hydroxylation sites is 1. The van der Waals surface area contributed by atoms with Crippen LogP contribution in [0.5, 0.6) is 0 Å². The van der Waals surface area contributed by atoms with Gasteiger partial charge in [0, 0.05) is 17.1 Å². The van der Waals surface area contributed by atoms with Crippen LogP contribution in [0.1, 0.15) is 21.5 Å². The van der Waals surface area contributed by atoms with Crippen molar-refractivity contribution in [2.45, 2.75) is 13.8 Å². The van der Waals surface area contributed by atoms with Crippen molar-refractivity contribution in [3.8, 4) is 0 Å². The molecule has 3 aromatic rings. The number of benzene rings is 2. The molecule has 0 aliphatic carbocycles. The summed E-state index contributed by atoms with van der Waals surface area (Å²) in [7, 11) is 0. The number of aromatic nitrogens is 1. The molecule has 3 rings (SSSR count). The molecule has 0 unspecified atom stereocenters. The number of carbonyl (C=O) groups excluding carboxylic acids is 1. The van der Waals surface area contributed by atoms with E-state index in [0.717, 1.165) is 22.0 Å². The molecule has 25 heavy (non-hydrogen) atoms. The molecule has 0 saturated carbocycles. The lowest BCUT2D eigenvalue weighted by molar-refractivity contribution is 0.0946. The van der Waals surface area contributed by atoms with Crippen molar-refractivity contribution in [1.82, 2.24) is 15.8 Å². The van der Waals surface area contributed by atoms with Crippen molar-refractivity contribution < 1.29 is 4.79 Å². The number of carbonyl (C=O) groups is 1. The average Bonchev–Trinajstić information content (AvgIpc) is 3.00. The number of aryl methyl sites for hydroxylation is 2. The second kappa shape index (κ2) is 7.13. The van der Waals surface area contributed by atoms with E-state index < -0.39 is 0 Å². The molecule has 0 saturated heterocycles. The number of thiocarbonyl (C=S) groups is 1. The molecule has 0 spiro atoms. The fourth-order valence-corrected chi connectivity index (χ4v) is 3.18. The molecule has 0 bridgehead atoms. The number of hydrazine groups is 1. The quantitative estimate of drug-likeness (QED) is 0.404. The maximum atomic E-state index is 12.3. The van der Waals surface area contributed by atoms with Crippen LogP contribution >= 0.6 is 23.8 Å². The maximum absolute atomic E-state index is 12.3. The van der Waals surface area contributed by atoms with Crippen LogP contribution < -0.4 is 16.2 Å². The van der Waals surface area contributed by atoms with Gasteiger partial charge in [0.25, 0.3) is 5.91 Å². The lowest BCUT2D eigenvalue weighted by atomic mass is 10.1. The first kappa shape index (κ1) is 17.3. The zero-order chi connectivity index (χ0) is 18.0. The van der Waals surface area contributed by atoms with E-state index >= 15 is 0 Å². The number of fused-ring (bicyclic) bond motifs is 1. The monoisotopic (exact) mass is 372 g/mol. The molecule has 0 atom stereocenters. The maximum Gasteiger partial charge on any atom is 0.271 e. The smallest absolute Gasteiger partial charge is 0.271 e. The molecule has 0 aliphatic rings. The van der Waals surface area contributed by atoms with Gasteiger partial charge >= 0.3 is 0 Å². The second-order valence-electron chi connectivity index (χ2n) is 5.72. The average molecular weight is 373 g/mol. The number of amides is 1. The van der Waals surface area contributed by atoms with E-state index in [-0.39, 0.29) is 11.0 Å². The Labute approximate surface area is 155 Å². The Kier molecular flexibility index (Phi) is 4.92. The topological polar surface area (TPSA) is 68.9 Å². The van der Waals surface area contributed by atoms with Gasteiger partial charge in [-0.2, -0.15) is 0 Å². The van der Waals surface area contributed by atoms with E-state index in [1.54, 1.807) is 6.20 Å². The first-order valence-electron chi connectivity index (χ1n) is 7.66. The van der Waals surface area contributed by atoms with Gasteiger partial charge in [-0.1, -0.05) is 35.9 Å². The first-order chi connectivity index (χ1) is 12.0. The Morgan fingerprint density at radius 3 is 2.68 bits per heavy atom. The van der Waals surface area contributed by atoms with Crippen molar-refractivity contribution in [2.24, 2.45) is 0 Å². The highest BCUT2D eigenvalue weighted by atomic mass is 35.5. The Bertz CT molecular complexity index is 944. The number of nitrogens with one attached hydrogen (secondary N) is 4. The highest BCUT2D eigenvalue weighted by molar-refractivity contribution is 7.80. The molecule has 2 aromatic carbocycles. The normalized spacial score (nSPS) is 10.5. The molecular weight excluding hydrogens is 356 g/mol. The second-order valence-corrected chi connectivity index (χ2v) is 6.54. The predicted molar refractivity (Wildman–Crippen MR) is 106 cm³/mol. The van der Waals surface area contributed by atoms with E-state index in [1.165, 1.54) is 0 Å². The van der Waals surface area contributed by atoms with E-state index in [1.807, 2.05) is 50.2 Å². The molecule has 7 heteroatoms. The largest absolute Gasteiger partial charge is 0.360 e. The molecule has 5 nitrogen and oxygen atoms in total. The summed E-state index contributed by atoms with van der Waals surface area (Å²) in [6.07, 6.45) is 1.67. The molecule has 1 heterocycles. The molecule has 1 amide bonds. The first-order valence-corrected chi connectivity index (χ1v) is 8.44. The summed E-state index contributed by atoms with van der Waals surface area (Å²) in [5.41, 5.74) is 9.48. The van der Waals surface area contributed by atoms with Crippen LogP contribution in [0.25, 0.3) is 10.9 Å². The van der Waals surface area contributed by atoms with Gasteiger partial charge in [0.15, 0.2) is 5.11 Å². The van der Waals surface area contributed by atoms with Crippen molar-refractivity contribution in [1.29, 1.82) is 0 Å².